The van der Waals surface area contributed by atoms with Crippen molar-refractivity contribution in [3.8, 4) is 0 Å². The van der Waals surface area contributed by atoms with E-state index in [2.05, 4.69) is 26.0 Å². The van der Waals surface area contributed by atoms with Gasteiger partial charge in [-0.15, -0.1) is 0 Å². The second-order valence-corrected chi connectivity index (χ2v) is 2.06. The van der Waals surface area contributed by atoms with E-state index in [0.29, 0.717) is 0 Å². The van der Waals surface area contributed by atoms with E-state index >= 15 is 0 Å². The van der Waals surface area contributed by atoms with Crippen molar-refractivity contribution in [1.82, 2.24) is 3.97 Å². The Balaban J connectivity index is 3.66. The standard InChI is InChI=1S/C6H7NS/c1-5-3-4-7(8)6(5)2/h3-4,8H,1-2H2. The molecule has 2 heteroatoms. The fraction of sp³-hybridized carbons (Fsp3) is 0. The molecule has 1 nitrogen and oxygen atoms in total. The van der Waals surface area contributed by atoms with Crippen molar-refractivity contribution in [3.63, 3.8) is 0 Å². The molecule has 0 saturated heterocycles. The van der Waals surface area contributed by atoms with Crippen LogP contribution in [0.4, 0.5) is 0 Å². The second kappa shape index (κ2) is 1.71. The lowest BCUT2D eigenvalue weighted by Gasteiger charge is -1.81. The van der Waals surface area contributed by atoms with Crippen molar-refractivity contribution in [1.29, 1.82) is 0 Å². The smallest absolute Gasteiger partial charge is 0.0511 e. The lowest BCUT2D eigenvalue weighted by Crippen LogP contribution is -2.21. The highest BCUT2D eigenvalue weighted by molar-refractivity contribution is 7.78. The van der Waals surface area contributed by atoms with Crippen LogP contribution in [0.3, 0.4) is 0 Å². The molecule has 0 unspecified atom stereocenters. The zero-order chi connectivity index (χ0) is 6.15. The van der Waals surface area contributed by atoms with E-state index in [-0.39, 0.29) is 0 Å². The van der Waals surface area contributed by atoms with Gasteiger partial charge in [-0.25, -0.2) is 0 Å². The molecule has 0 aliphatic heterocycles. The molecule has 1 aromatic heterocycles. The average Bonchev–Trinajstić information content (AvgIpc) is 1.98. The Kier molecular flexibility index (Phi) is 1.18. The molecule has 0 bridgehead atoms. The molecule has 0 aliphatic rings. The molecule has 0 aliphatic carbocycles. The molecule has 42 valence electrons. The summed E-state index contributed by atoms with van der Waals surface area (Å²) in [5.41, 5.74) is 0. The van der Waals surface area contributed by atoms with Gasteiger partial charge in [-0.1, -0.05) is 26.0 Å². The normalized spacial score (nSPS) is 9.62. The SMILES string of the molecule is C=c1ccn(S)c1=C. The molecule has 0 radical (unpaired) electrons. The first-order chi connectivity index (χ1) is 3.72. The minimum atomic E-state index is 0.855. The van der Waals surface area contributed by atoms with Gasteiger partial charge in [-0.2, -0.15) is 0 Å². The van der Waals surface area contributed by atoms with Crippen LogP contribution in [0.2, 0.25) is 0 Å². The third-order valence-corrected chi connectivity index (χ3v) is 1.44. The Bertz CT molecular complexity index is 273. The Morgan fingerprint density at radius 3 is 2.25 bits per heavy atom. The number of rotatable bonds is 0. The van der Waals surface area contributed by atoms with Gasteiger partial charge in [-0.05, 0) is 11.3 Å². The van der Waals surface area contributed by atoms with E-state index in [1.165, 1.54) is 0 Å². The molecule has 1 aromatic rings. The summed E-state index contributed by atoms with van der Waals surface area (Å²) < 4.78 is 1.64. The molecule has 0 spiro atoms. The van der Waals surface area contributed by atoms with Crippen LogP contribution in [-0.4, -0.2) is 3.97 Å². The average molecular weight is 125 g/mol. The van der Waals surface area contributed by atoms with E-state index < -0.39 is 0 Å². The molecule has 0 amide bonds. The topological polar surface area (TPSA) is 4.93 Å². The number of thiol groups is 1. The van der Waals surface area contributed by atoms with Crippen molar-refractivity contribution < 1.29 is 0 Å². The van der Waals surface area contributed by atoms with Crippen LogP contribution in [0.15, 0.2) is 12.3 Å². The third-order valence-electron chi connectivity index (χ3n) is 1.06. The van der Waals surface area contributed by atoms with E-state index in [9.17, 15) is 0 Å². The maximum atomic E-state index is 4.03. The largest absolute Gasteiger partial charge is 0.294 e. The predicted molar refractivity (Wildman–Crippen MR) is 39.1 cm³/mol. The summed E-state index contributed by atoms with van der Waals surface area (Å²) in [7, 11) is 0. The minimum Gasteiger partial charge on any atom is -0.294 e. The Morgan fingerprint density at radius 1 is 1.50 bits per heavy atom. The number of aromatic nitrogens is 1. The lowest BCUT2D eigenvalue weighted by atomic mass is 10.5. The quantitative estimate of drug-likeness (QED) is 0.466. The molecular weight excluding hydrogens is 118 g/mol. The highest BCUT2D eigenvalue weighted by Crippen LogP contribution is 1.74. The highest BCUT2D eigenvalue weighted by atomic mass is 32.1. The summed E-state index contributed by atoms with van der Waals surface area (Å²) in [5, 5.41) is 1.79. The first-order valence-electron chi connectivity index (χ1n) is 2.26. The van der Waals surface area contributed by atoms with Gasteiger partial charge in [0.15, 0.2) is 0 Å². The van der Waals surface area contributed by atoms with Crippen molar-refractivity contribution in [2.45, 2.75) is 0 Å². The Morgan fingerprint density at radius 2 is 2.12 bits per heavy atom. The van der Waals surface area contributed by atoms with Crippen molar-refractivity contribution in [2.75, 3.05) is 0 Å². The molecule has 0 atom stereocenters. The molecule has 1 heterocycles. The van der Waals surface area contributed by atoms with E-state index in [0.717, 1.165) is 10.6 Å². The number of hydrogen-bond donors (Lipinski definition) is 1. The second-order valence-electron chi connectivity index (χ2n) is 1.63. The van der Waals surface area contributed by atoms with Gasteiger partial charge in [-0.3, -0.25) is 3.97 Å². The van der Waals surface area contributed by atoms with Gasteiger partial charge in [0.05, 0.1) is 5.35 Å². The molecule has 8 heavy (non-hydrogen) atoms. The highest BCUT2D eigenvalue weighted by Gasteiger charge is 1.81. The zero-order valence-corrected chi connectivity index (χ0v) is 5.36. The summed E-state index contributed by atoms with van der Waals surface area (Å²) in [6.45, 7) is 7.41. The summed E-state index contributed by atoms with van der Waals surface area (Å²) in [5.74, 6) is 0. The number of nitrogens with zero attached hydrogens (tertiary/aromatic N) is 1. The summed E-state index contributed by atoms with van der Waals surface area (Å²) in [4.78, 5) is 0. The van der Waals surface area contributed by atoms with E-state index in [1.807, 2.05) is 12.3 Å². The lowest BCUT2D eigenvalue weighted by molar-refractivity contribution is 1.23. The predicted octanol–water partition coefficient (Wildman–Crippen LogP) is 0.00160. The first-order valence-corrected chi connectivity index (χ1v) is 2.66. The Labute approximate surface area is 53.5 Å². The van der Waals surface area contributed by atoms with Gasteiger partial charge in [0.2, 0.25) is 0 Å². The minimum absolute atomic E-state index is 0.855. The van der Waals surface area contributed by atoms with E-state index in [1.54, 1.807) is 3.97 Å². The molecule has 0 fully saturated rings. The van der Waals surface area contributed by atoms with Crippen LogP contribution in [0.1, 0.15) is 0 Å². The molecular formula is C6H7NS. The van der Waals surface area contributed by atoms with Crippen LogP contribution < -0.4 is 10.6 Å². The molecule has 0 saturated carbocycles. The van der Waals surface area contributed by atoms with Gasteiger partial charge in [0, 0.05) is 6.20 Å². The fourth-order valence-electron chi connectivity index (χ4n) is 0.494. The maximum absolute atomic E-state index is 4.03. The van der Waals surface area contributed by atoms with Crippen LogP contribution in [0.25, 0.3) is 13.2 Å². The van der Waals surface area contributed by atoms with Gasteiger partial charge >= 0.3 is 0 Å². The van der Waals surface area contributed by atoms with Gasteiger partial charge in [0.25, 0.3) is 0 Å². The van der Waals surface area contributed by atoms with Gasteiger partial charge < -0.3 is 0 Å². The van der Waals surface area contributed by atoms with Crippen LogP contribution in [-0.2, 0) is 0 Å². The molecule has 0 aromatic carbocycles. The van der Waals surface area contributed by atoms with Crippen molar-refractivity contribution >= 4 is 26.0 Å². The van der Waals surface area contributed by atoms with E-state index in [4.69, 9.17) is 0 Å². The van der Waals surface area contributed by atoms with Crippen LogP contribution in [0.5, 0.6) is 0 Å². The summed E-state index contributed by atoms with van der Waals surface area (Å²) >= 11 is 4.03. The summed E-state index contributed by atoms with van der Waals surface area (Å²) in [6.07, 6.45) is 1.81. The van der Waals surface area contributed by atoms with Crippen LogP contribution in [0, 0.1) is 0 Å². The zero-order valence-electron chi connectivity index (χ0n) is 4.46. The monoisotopic (exact) mass is 125 g/mol. The fourth-order valence-corrected chi connectivity index (χ4v) is 0.689. The first kappa shape index (κ1) is 5.51. The van der Waals surface area contributed by atoms with Crippen LogP contribution >= 0.6 is 12.8 Å². The third kappa shape index (κ3) is 0.670. The maximum Gasteiger partial charge on any atom is 0.0511 e. The Hall–Kier alpha value is -0.630. The molecule has 1 rings (SSSR count). The summed E-state index contributed by atoms with van der Waals surface area (Å²) in [6, 6.07) is 1.87. The molecule has 0 N–H and O–H groups in total. The van der Waals surface area contributed by atoms with Crippen molar-refractivity contribution in [3.05, 3.63) is 22.8 Å². The van der Waals surface area contributed by atoms with Crippen molar-refractivity contribution in [2.24, 2.45) is 0 Å². The van der Waals surface area contributed by atoms with Gasteiger partial charge in [0.1, 0.15) is 0 Å². The number of hydrogen-bond acceptors (Lipinski definition) is 1.